The first-order chi connectivity index (χ1) is 10.8. The number of nitrogens with zero attached hydrogens (tertiary/aromatic N) is 1. The van der Waals surface area contributed by atoms with Crippen molar-refractivity contribution in [2.75, 3.05) is 19.7 Å². The fraction of sp³-hybridized carbons (Fsp3) is 0.333. The zero-order chi connectivity index (χ0) is 14.9. The van der Waals surface area contributed by atoms with Crippen molar-refractivity contribution in [3.63, 3.8) is 0 Å². The van der Waals surface area contributed by atoms with Crippen LogP contribution in [0.2, 0.25) is 0 Å². The summed E-state index contributed by atoms with van der Waals surface area (Å²) in [5.74, 6) is 0.842. The Labute approximate surface area is 138 Å². The summed E-state index contributed by atoms with van der Waals surface area (Å²) < 4.78 is 1.37. The van der Waals surface area contributed by atoms with Crippen molar-refractivity contribution in [3.05, 3.63) is 57.6 Å². The Morgan fingerprint density at radius 1 is 1.18 bits per heavy atom. The first kappa shape index (κ1) is 14.4. The molecule has 3 aromatic rings. The normalized spacial score (nSPS) is 22.6. The Morgan fingerprint density at radius 2 is 2.09 bits per heavy atom. The third-order valence-corrected chi connectivity index (χ3v) is 6.38. The van der Waals surface area contributed by atoms with Gasteiger partial charge < -0.3 is 5.11 Å². The van der Waals surface area contributed by atoms with Crippen LogP contribution >= 0.6 is 22.7 Å². The molecule has 0 aliphatic carbocycles. The number of benzene rings is 1. The molecular weight excluding hydrogens is 310 g/mol. The first-order valence-corrected chi connectivity index (χ1v) is 9.42. The highest BCUT2D eigenvalue weighted by Gasteiger charge is 2.33. The summed E-state index contributed by atoms with van der Waals surface area (Å²) >= 11 is 3.64. The second-order valence-corrected chi connectivity index (χ2v) is 8.00. The molecule has 114 valence electrons. The van der Waals surface area contributed by atoms with Gasteiger partial charge in [0.2, 0.25) is 0 Å². The highest BCUT2D eigenvalue weighted by Crippen LogP contribution is 2.35. The van der Waals surface area contributed by atoms with Crippen LogP contribution in [0.5, 0.6) is 0 Å². The van der Waals surface area contributed by atoms with Gasteiger partial charge in [-0.05, 0) is 39.9 Å². The van der Waals surface area contributed by atoms with Crippen LogP contribution in [0.3, 0.4) is 0 Å². The van der Waals surface area contributed by atoms with E-state index in [9.17, 15) is 5.11 Å². The van der Waals surface area contributed by atoms with Gasteiger partial charge in [0.05, 0.1) is 0 Å². The molecule has 2 nitrogen and oxygen atoms in total. The minimum absolute atomic E-state index is 0.281. The molecule has 4 rings (SSSR count). The van der Waals surface area contributed by atoms with Gasteiger partial charge in [-0.3, -0.25) is 4.90 Å². The third-order valence-electron chi connectivity index (χ3n) is 4.58. The Balaban J connectivity index is 1.51. The maximum Gasteiger partial charge on any atom is 0.0477 e. The minimum Gasteiger partial charge on any atom is -0.396 e. The highest BCUT2D eigenvalue weighted by molar-refractivity contribution is 7.19. The fourth-order valence-corrected chi connectivity index (χ4v) is 5.31. The molecule has 1 aliphatic heterocycles. The van der Waals surface area contributed by atoms with Crippen LogP contribution in [0.1, 0.15) is 16.4 Å². The molecule has 1 aliphatic rings. The Kier molecular flexibility index (Phi) is 4.01. The number of hydrogen-bond acceptors (Lipinski definition) is 4. The summed E-state index contributed by atoms with van der Waals surface area (Å²) in [5.41, 5.74) is 1.39. The topological polar surface area (TPSA) is 23.5 Å². The molecule has 3 heterocycles. The Morgan fingerprint density at radius 3 is 2.86 bits per heavy atom. The van der Waals surface area contributed by atoms with E-state index in [1.807, 2.05) is 11.3 Å². The van der Waals surface area contributed by atoms with E-state index < -0.39 is 0 Å². The largest absolute Gasteiger partial charge is 0.396 e. The van der Waals surface area contributed by atoms with Crippen molar-refractivity contribution in [1.82, 2.24) is 4.90 Å². The van der Waals surface area contributed by atoms with Crippen molar-refractivity contribution in [2.45, 2.75) is 12.5 Å². The van der Waals surface area contributed by atoms with Crippen molar-refractivity contribution >= 4 is 32.8 Å². The van der Waals surface area contributed by atoms with Crippen LogP contribution in [0.25, 0.3) is 10.1 Å². The average Bonchev–Trinajstić information content (AvgIpc) is 3.25. The maximum absolute atomic E-state index is 9.71. The van der Waals surface area contributed by atoms with Gasteiger partial charge in [-0.15, -0.1) is 11.3 Å². The van der Waals surface area contributed by atoms with E-state index >= 15 is 0 Å². The van der Waals surface area contributed by atoms with Gasteiger partial charge in [0, 0.05) is 47.7 Å². The maximum atomic E-state index is 9.71. The van der Waals surface area contributed by atoms with E-state index in [2.05, 4.69) is 52.1 Å². The van der Waals surface area contributed by atoms with Gasteiger partial charge in [0.15, 0.2) is 0 Å². The van der Waals surface area contributed by atoms with Crippen LogP contribution < -0.4 is 0 Å². The van der Waals surface area contributed by atoms with Crippen LogP contribution in [-0.4, -0.2) is 29.7 Å². The summed E-state index contributed by atoms with van der Waals surface area (Å²) in [5, 5.41) is 15.4. The van der Waals surface area contributed by atoms with Gasteiger partial charge in [-0.25, -0.2) is 0 Å². The average molecular weight is 329 g/mol. The number of aliphatic hydroxyl groups excluding tert-OH is 1. The quantitative estimate of drug-likeness (QED) is 0.776. The van der Waals surface area contributed by atoms with Gasteiger partial charge in [-0.1, -0.05) is 18.2 Å². The molecular formula is C18H19NOS2. The van der Waals surface area contributed by atoms with Crippen molar-refractivity contribution < 1.29 is 5.11 Å². The number of likely N-dealkylation sites (tertiary alicyclic amines) is 1. The van der Waals surface area contributed by atoms with E-state index in [0.29, 0.717) is 11.8 Å². The second kappa shape index (κ2) is 6.13. The molecule has 1 N–H and O–H groups in total. The lowest BCUT2D eigenvalue weighted by Gasteiger charge is -2.14. The molecule has 1 aromatic carbocycles. The van der Waals surface area contributed by atoms with Gasteiger partial charge in [-0.2, -0.15) is 11.3 Å². The number of fused-ring (bicyclic) bond motifs is 1. The van der Waals surface area contributed by atoms with Crippen molar-refractivity contribution in [2.24, 2.45) is 5.92 Å². The zero-order valence-corrected chi connectivity index (χ0v) is 13.9. The molecule has 1 fully saturated rings. The molecule has 22 heavy (non-hydrogen) atoms. The second-order valence-electron chi connectivity index (χ2n) is 6.05. The van der Waals surface area contributed by atoms with Gasteiger partial charge in [0.1, 0.15) is 0 Å². The predicted octanol–water partition coefficient (Wildman–Crippen LogP) is 4.17. The van der Waals surface area contributed by atoms with Crippen molar-refractivity contribution in [3.8, 4) is 0 Å². The zero-order valence-electron chi connectivity index (χ0n) is 12.3. The molecule has 2 atom stereocenters. The number of thiophene rings is 2. The highest BCUT2D eigenvalue weighted by atomic mass is 32.1. The monoisotopic (exact) mass is 329 g/mol. The van der Waals surface area contributed by atoms with Crippen LogP contribution in [0.4, 0.5) is 0 Å². The molecule has 0 amide bonds. The molecule has 0 unspecified atom stereocenters. The van der Waals surface area contributed by atoms with Crippen LogP contribution in [0.15, 0.2) is 47.2 Å². The molecule has 0 saturated carbocycles. The third kappa shape index (κ3) is 2.72. The Hall–Kier alpha value is -1.20. The van der Waals surface area contributed by atoms with E-state index in [-0.39, 0.29) is 6.61 Å². The number of hydrogen-bond donors (Lipinski definition) is 1. The summed E-state index contributed by atoms with van der Waals surface area (Å²) in [6, 6.07) is 13.1. The summed E-state index contributed by atoms with van der Waals surface area (Å²) in [4.78, 5) is 3.91. The fourth-order valence-electron chi connectivity index (χ4n) is 3.47. The van der Waals surface area contributed by atoms with Crippen LogP contribution in [-0.2, 0) is 6.54 Å². The Bertz CT molecular complexity index is 716. The number of aliphatic hydroxyl groups is 1. The first-order valence-electron chi connectivity index (χ1n) is 7.66. The minimum atomic E-state index is 0.281. The summed E-state index contributed by atoms with van der Waals surface area (Å²) in [6.45, 7) is 3.32. The van der Waals surface area contributed by atoms with E-state index in [0.717, 1.165) is 19.6 Å². The molecule has 1 saturated heterocycles. The summed E-state index contributed by atoms with van der Waals surface area (Å²) in [7, 11) is 0. The van der Waals surface area contributed by atoms with E-state index in [4.69, 9.17) is 0 Å². The standard InChI is InChI=1S/C18H19NOS2/c20-11-15-8-19(10-17(15)14-5-6-21-12-14)9-16-7-13-3-1-2-4-18(13)22-16/h1-7,12,15,17,20H,8-11H2/t15-,17-/m0/s1. The molecule has 0 bridgehead atoms. The van der Waals surface area contributed by atoms with Crippen molar-refractivity contribution in [1.29, 1.82) is 0 Å². The molecule has 4 heteroatoms. The SMILES string of the molecule is OC[C@@H]1CN(Cc2cc3ccccc3s2)C[C@H]1c1ccsc1. The lowest BCUT2D eigenvalue weighted by Crippen LogP contribution is -2.20. The molecule has 2 aromatic heterocycles. The molecule has 0 radical (unpaired) electrons. The van der Waals surface area contributed by atoms with Gasteiger partial charge >= 0.3 is 0 Å². The smallest absolute Gasteiger partial charge is 0.0477 e. The molecule has 0 spiro atoms. The lowest BCUT2D eigenvalue weighted by atomic mass is 9.92. The predicted molar refractivity (Wildman–Crippen MR) is 94.7 cm³/mol. The van der Waals surface area contributed by atoms with E-state index in [1.54, 1.807) is 11.3 Å². The van der Waals surface area contributed by atoms with Crippen LogP contribution in [0, 0.1) is 5.92 Å². The number of rotatable bonds is 4. The van der Waals surface area contributed by atoms with Gasteiger partial charge in [0.25, 0.3) is 0 Å². The lowest BCUT2D eigenvalue weighted by molar-refractivity contribution is 0.214. The van der Waals surface area contributed by atoms with E-state index in [1.165, 1.54) is 20.5 Å². The summed E-state index contributed by atoms with van der Waals surface area (Å²) in [6.07, 6.45) is 0.